The van der Waals surface area contributed by atoms with Crippen molar-refractivity contribution in [2.45, 2.75) is 13.0 Å². The van der Waals surface area contributed by atoms with Gasteiger partial charge in [0.05, 0.1) is 7.11 Å². The first-order valence-electron chi connectivity index (χ1n) is 4.37. The molecule has 0 aromatic carbocycles. The summed E-state index contributed by atoms with van der Waals surface area (Å²) in [6.45, 7) is -0.239. The highest BCUT2D eigenvalue weighted by atomic mass is 19.3. The van der Waals surface area contributed by atoms with Crippen molar-refractivity contribution in [1.82, 2.24) is 4.98 Å². The molecular weight excluding hydrogens is 220 g/mol. The van der Waals surface area contributed by atoms with Gasteiger partial charge in [0.1, 0.15) is 5.82 Å². The van der Waals surface area contributed by atoms with Gasteiger partial charge in [0.25, 0.3) is 6.43 Å². The highest BCUT2D eigenvalue weighted by Gasteiger charge is 2.22. The molecule has 0 radical (unpaired) electrons. The van der Waals surface area contributed by atoms with Crippen LogP contribution in [0.2, 0.25) is 0 Å². The predicted molar refractivity (Wildman–Crippen MR) is 52.8 cm³/mol. The Morgan fingerprint density at radius 1 is 1.62 bits per heavy atom. The molecular formula is C9H11F2N3O2. The summed E-state index contributed by atoms with van der Waals surface area (Å²) in [5.74, 6) is -1.01. The normalized spacial score (nSPS) is 10.6. The van der Waals surface area contributed by atoms with Crippen LogP contribution < -0.4 is 11.5 Å². The molecule has 7 heteroatoms. The van der Waals surface area contributed by atoms with Crippen LogP contribution in [0.4, 0.5) is 14.6 Å². The van der Waals surface area contributed by atoms with E-state index in [-0.39, 0.29) is 23.6 Å². The van der Waals surface area contributed by atoms with E-state index in [1.54, 1.807) is 0 Å². The molecule has 88 valence electrons. The van der Waals surface area contributed by atoms with Crippen LogP contribution in [0.25, 0.3) is 0 Å². The number of nitrogen functional groups attached to an aromatic ring is 1. The number of carbonyl (C=O) groups excluding carboxylic acids is 1. The monoisotopic (exact) mass is 231 g/mol. The summed E-state index contributed by atoms with van der Waals surface area (Å²) in [5, 5.41) is 0. The minimum atomic E-state index is -2.77. The second kappa shape index (κ2) is 4.84. The smallest absolute Gasteiger partial charge is 0.357 e. The zero-order chi connectivity index (χ0) is 12.3. The molecule has 0 fully saturated rings. The highest BCUT2D eigenvalue weighted by Crippen LogP contribution is 2.26. The first-order chi connectivity index (χ1) is 7.51. The number of anilines is 1. The quantitative estimate of drug-likeness (QED) is 0.752. The SMILES string of the molecule is COC(=O)c1nc(N)cc(C(F)F)c1CN. The molecule has 1 heterocycles. The molecule has 16 heavy (non-hydrogen) atoms. The number of carbonyl (C=O) groups is 1. The largest absolute Gasteiger partial charge is 0.464 e. The molecule has 0 aliphatic carbocycles. The lowest BCUT2D eigenvalue weighted by Gasteiger charge is -2.11. The van der Waals surface area contributed by atoms with Gasteiger partial charge >= 0.3 is 5.97 Å². The predicted octanol–water partition coefficient (Wildman–Crippen LogP) is 0.847. The number of rotatable bonds is 3. The van der Waals surface area contributed by atoms with Gasteiger partial charge < -0.3 is 16.2 Å². The minimum absolute atomic E-state index is 0.0453. The standard InChI is InChI=1S/C9H11F2N3O2/c1-16-9(15)7-5(3-12)4(8(10)11)2-6(13)14-7/h2,8H,3,12H2,1H3,(H2,13,14). The van der Waals surface area contributed by atoms with Crippen LogP contribution in [0.5, 0.6) is 0 Å². The Labute approximate surface area is 90.4 Å². The Bertz CT molecular complexity index is 410. The van der Waals surface area contributed by atoms with Crippen LogP contribution in [-0.2, 0) is 11.3 Å². The zero-order valence-corrected chi connectivity index (χ0v) is 8.54. The summed E-state index contributed by atoms with van der Waals surface area (Å²) in [5.41, 5.74) is 9.93. The number of methoxy groups -OCH3 is 1. The molecule has 4 N–H and O–H groups in total. The number of alkyl halides is 2. The molecule has 1 rings (SSSR count). The fraction of sp³-hybridized carbons (Fsp3) is 0.333. The topological polar surface area (TPSA) is 91.2 Å². The molecule has 0 atom stereocenters. The van der Waals surface area contributed by atoms with E-state index in [0.29, 0.717) is 0 Å². The van der Waals surface area contributed by atoms with Gasteiger partial charge in [-0.15, -0.1) is 0 Å². The van der Waals surface area contributed by atoms with Gasteiger partial charge in [-0.1, -0.05) is 0 Å². The number of hydrogen-bond donors (Lipinski definition) is 2. The van der Waals surface area contributed by atoms with Gasteiger partial charge in [-0.3, -0.25) is 0 Å². The van der Waals surface area contributed by atoms with E-state index < -0.39 is 18.0 Å². The van der Waals surface area contributed by atoms with E-state index in [4.69, 9.17) is 11.5 Å². The molecule has 0 bridgehead atoms. The summed E-state index contributed by atoms with van der Waals surface area (Å²) >= 11 is 0. The number of aromatic nitrogens is 1. The fourth-order valence-corrected chi connectivity index (χ4v) is 1.29. The van der Waals surface area contributed by atoms with Crippen molar-refractivity contribution in [3.05, 3.63) is 22.9 Å². The van der Waals surface area contributed by atoms with Crippen molar-refractivity contribution in [3.63, 3.8) is 0 Å². The number of pyridine rings is 1. The van der Waals surface area contributed by atoms with Crippen molar-refractivity contribution in [3.8, 4) is 0 Å². The van der Waals surface area contributed by atoms with Gasteiger partial charge in [0.15, 0.2) is 5.69 Å². The van der Waals surface area contributed by atoms with Gasteiger partial charge in [-0.25, -0.2) is 18.6 Å². The lowest BCUT2D eigenvalue weighted by Crippen LogP contribution is -2.15. The second-order valence-corrected chi connectivity index (χ2v) is 2.96. The second-order valence-electron chi connectivity index (χ2n) is 2.96. The van der Waals surface area contributed by atoms with Crippen LogP contribution in [0, 0.1) is 0 Å². The fourth-order valence-electron chi connectivity index (χ4n) is 1.29. The molecule has 0 saturated carbocycles. The van der Waals surface area contributed by atoms with E-state index in [1.165, 1.54) is 0 Å². The number of halogens is 2. The molecule has 0 amide bonds. The Morgan fingerprint density at radius 3 is 2.69 bits per heavy atom. The summed E-state index contributed by atoms with van der Waals surface area (Å²) < 4.78 is 29.7. The summed E-state index contributed by atoms with van der Waals surface area (Å²) in [7, 11) is 1.12. The summed E-state index contributed by atoms with van der Waals surface area (Å²) in [4.78, 5) is 14.9. The van der Waals surface area contributed by atoms with Crippen LogP contribution >= 0.6 is 0 Å². The molecule has 0 unspecified atom stereocenters. The van der Waals surface area contributed by atoms with Crippen molar-refractivity contribution < 1.29 is 18.3 Å². The van der Waals surface area contributed by atoms with E-state index in [0.717, 1.165) is 13.2 Å². The van der Waals surface area contributed by atoms with Crippen molar-refractivity contribution in [1.29, 1.82) is 0 Å². The first-order valence-corrected chi connectivity index (χ1v) is 4.37. The van der Waals surface area contributed by atoms with Gasteiger partial charge in [-0.2, -0.15) is 0 Å². The Morgan fingerprint density at radius 2 is 2.25 bits per heavy atom. The van der Waals surface area contributed by atoms with Gasteiger partial charge in [0, 0.05) is 17.7 Å². The lowest BCUT2D eigenvalue weighted by molar-refractivity contribution is 0.0592. The molecule has 1 aromatic heterocycles. The maximum absolute atomic E-state index is 12.7. The minimum Gasteiger partial charge on any atom is -0.464 e. The van der Waals surface area contributed by atoms with Crippen LogP contribution in [-0.4, -0.2) is 18.1 Å². The van der Waals surface area contributed by atoms with E-state index >= 15 is 0 Å². The average Bonchev–Trinajstić information content (AvgIpc) is 2.26. The van der Waals surface area contributed by atoms with Gasteiger partial charge in [-0.05, 0) is 6.07 Å². The zero-order valence-electron chi connectivity index (χ0n) is 8.54. The number of hydrogen-bond acceptors (Lipinski definition) is 5. The third kappa shape index (κ3) is 2.25. The Hall–Kier alpha value is -1.76. The number of esters is 1. The van der Waals surface area contributed by atoms with Crippen molar-refractivity contribution in [2.24, 2.45) is 5.73 Å². The number of nitrogens with two attached hydrogens (primary N) is 2. The van der Waals surface area contributed by atoms with Crippen molar-refractivity contribution >= 4 is 11.8 Å². The average molecular weight is 231 g/mol. The summed E-state index contributed by atoms with van der Waals surface area (Å²) in [6.07, 6.45) is -2.77. The van der Waals surface area contributed by atoms with Gasteiger partial charge in [0.2, 0.25) is 0 Å². The third-order valence-electron chi connectivity index (χ3n) is 2.00. The maximum atomic E-state index is 12.7. The van der Waals surface area contributed by atoms with Crippen LogP contribution in [0.3, 0.4) is 0 Å². The molecule has 0 spiro atoms. The molecule has 0 aliphatic rings. The van der Waals surface area contributed by atoms with Crippen LogP contribution in [0.15, 0.2) is 6.07 Å². The maximum Gasteiger partial charge on any atom is 0.357 e. The molecule has 0 aliphatic heterocycles. The molecule has 5 nitrogen and oxygen atoms in total. The van der Waals surface area contributed by atoms with E-state index in [1.807, 2.05) is 0 Å². The molecule has 0 saturated heterocycles. The molecule has 1 aromatic rings. The van der Waals surface area contributed by atoms with E-state index in [9.17, 15) is 13.6 Å². The first kappa shape index (κ1) is 12.3. The highest BCUT2D eigenvalue weighted by molar-refractivity contribution is 5.89. The van der Waals surface area contributed by atoms with E-state index in [2.05, 4.69) is 9.72 Å². The van der Waals surface area contributed by atoms with Crippen LogP contribution in [0.1, 0.15) is 28.0 Å². The lowest BCUT2D eigenvalue weighted by atomic mass is 10.1. The summed E-state index contributed by atoms with van der Waals surface area (Å²) in [6, 6.07) is 0.999. The Kier molecular flexibility index (Phi) is 3.73. The number of nitrogens with zero attached hydrogens (tertiary/aromatic N) is 1. The number of ether oxygens (including phenoxy) is 1. The Balaban J connectivity index is 3.41. The van der Waals surface area contributed by atoms with Crippen molar-refractivity contribution in [2.75, 3.05) is 12.8 Å². The third-order valence-corrected chi connectivity index (χ3v) is 2.00.